The number of alkyl halides is 2. The number of esters is 2. The van der Waals surface area contributed by atoms with E-state index in [1.165, 1.54) is 0 Å². The summed E-state index contributed by atoms with van der Waals surface area (Å²) in [6, 6.07) is 0. The Morgan fingerprint density at radius 1 is 1.17 bits per heavy atom. The van der Waals surface area contributed by atoms with Gasteiger partial charge in [0.15, 0.2) is 5.41 Å². The minimum atomic E-state index is -2.71. The first-order chi connectivity index (χ1) is 8.50. The first-order valence-electron chi connectivity index (χ1n) is 6.13. The van der Waals surface area contributed by atoms with Crippen molar-refractivity contribution in [2.75, 3.05) is 13.2 Å². The van der Waals surface area contributed by atoms with Crippen LogP contribution in [-0.2, 0) is 19.1 Å². The van der Waals surface area contributed by atoms with Crippen LogP contribution in [-0.4, -0.2) is 31.6 Å². The van der Waals surface area contributed by atoms with Gasteiger partial charge < -0.3 is 9.47 Å². The fourth-order valence-corrected chi connectivity index (χ4v) is 1.79. The zero-order chi connectivity index (χ0) is 13.8. The highest BCUT2D eigenvalue weighted by atomic mass is 19.3. The molecule has 0 aromatic heterocycles. The standard InChI is InChI=1S/C12H18F2O4/c1-3-5-17-10(15)12(7-8(12)9(13)14)11(16)18-6-4-2/h8-9H,3-7H2,1-2H3/t8-/m0/s1. The van der Waals surface area contributed by atoms with Crippen molar-refractivity contribution in [1.82, 2.24) is 0 Å². The second kappa shape index (κ2) is 6.11. The molecule has 1 fully saturated rings. The van der Waals surface area contributed by atoms with Crippen molar-refractivity contribution in [2.45, 2.75) is 39.5 Å². The van der Waals surface area contributed by atoms with Crippen LogP contribution in [0.2, 0.25) is 0 Å². The van der Waals surface area contributed by atoms with Crippen molar-refractivity contribution in [2.24, 2.45) is 11.3 Å². The van der Waals surface area contributed by atoms with Crippen LogP contribution in [0.1, 0.15) is 33.1 Å². The number of carbonyl (C=O) groups excluding carboxylic acids is 2. The maximum absolute atomic E-state index is 12.7. The summed E-state index contributed by atoms with van der Waals surface area (Å²) in [5.74, 6) is -3.03. The minimum Gasteiger partial charge on any atom is -0.465 e. The topological polar surface area (TPSA) is 52.6 Å². The second-order valence-electron chi connectivity index (χ2n) is 4.39. The molecule has 1 aliphatic rings. The third-order valence-corrected chi connectivity index (χ3v) is 2.92. The zero-order valence-electron chi connectivity index (χ0n) is 10.6. The summed E-state index contributed by atoms with van der Waals surface area (Å²) < 4.78 is 35.0. The van der Waals surface area contributed by atoms with Gasteiger partial charge in [-0.05, 0) is 19.3 Å². The predicted octanol–water partition coefficient (Wildman–Crippen LogP) is 2.16. The summed E-state index contributed by atoms with van der Waals surface area (Å²) >= 11 is 0. The Kier molecular flexibility index (Phi) is 5.04. The monoisotopic (exact) mass is 264 g/mol. The first-order valence-corrected chi connectivity index (χ1v) is 6.13. The number of carbonyl (C=O) groups is 2. The van der Waals surface area contributed by atoms with E-state index >= 15 is 0 Å². The second-order valence-corrected chi connectivity index (χ2v) is 4.39. The molecule has 0 amide bonds. The molecule has 0 N–H and O–H groups in total. The average molecular weight is 264 g/mol. The van der Waals surface area contributed by atoms with Gasteiger partial charge in [0.25, 0.3) is 0 Å². The lowest BCUT2D eigenvalue weighted by Gasteiger charge is -2.15. The van der Waals surface area contributed by atoms with E-state index in [2.05, 4.69) is 0 Å². The van der Waals surface area contributed by atoms with Gasteiger partial charge in [0.05, 0.1) is 13.2 Å². The third kappa shape index (κ3) is 2.79. The lowest BCUT2D eigenvalue weighted by molar-refractivity contribution is -0.167. The van der Waals surface area contributed by atoms with Crippen LogP contribution in [0.4, 0.5) is 8.78 Å². The van der Waals surface area contributed by atoms with Gasteiger partial charge in [-0.2, -0.15) is 0 Å². The van der Waals surface area contributed by atoms with Crippen molar-refractivity contribution in [1.29, 1.82) is 0 Å². The molecule has 0 aromatic carbocycles. The van der Waals surface area contributed by atoms with Gasteiger partial charge in [-0.25, -0.2) is 8.78 Å². The van der Waals surface area contributed by atoms with Crippen LogP contribution in [0.15, 0.2) is 0 Å². The lowest BCUT2D eigenvalue weighted by atomic mass is 10.0. The van der Waals surface area contributed by atoms with E-state index in [9.17, 15) is 18.4 Å². The Morgan fingerprint density at radius 3 is 1.89 bits per heavy atom. The number of hydrogen-bond donors (Lipinski definition) is 0. The summed E-state index contributed by atoms with van der Waals surface area (Å²) in [4.78, 5) is 23.5. The van der Waals surface area contributed by atoms with E-state index in [4.69, 9.17) is 9.47 Å². The van der Waals surface area contributed by atoms with Gasteiger partial charge in [0.1, 0.15) is 0 Å². The molecule has 1 saturated carbocycles. The number of rotatable bonds is 7. The molecule has 0 saturated heterocycles. The molecule has 18 heavy (non-hydrogen) atoms. The van der Waals surface area contributed by atoms with E-state index in [0.29, 0.717) is 12.8 Å². The van der Waals surface area contributed by atoms with E-state index in [1.54, 1.807) is 13.8 Å². The predicted molar refractivity (Wildman–Crippen MR) is 59.0 cm³/mol. The molecule has 0 unspecified atom stereocenters. The normalized spacial score (nSPS) is 20.6. The van der Waals surface area contributed by atoms with Crippen molar-refractivity contribution in [3.8, 4) is 0 Å². The Hall–Kier alpha value is -1.20. The van der Waals surface area contributed by atoms with Crippen molar-refractivity contribution >= 4 is 11.9 Å². The Balaban J connectivity index is 2.72. The van der Waals surface area contributed by atoms with Crippen LogP contribution >= 0.6 is 0 Å². The van der Waals surface area contributed by atoms with Crippen LogP contribution in [0.25, 0.3) is 0 Å². The van der Waals surface area contributed by atoms with E-state index in [0.717, 1.165) is 0 Å². The summed E-state index contributed by atoms with van der Waals surface area (Å²) in [6.07, 6.45) is -1.75. The third-order valence-electron chi connectivity index (χ3n) is 2.92. The molecule has 104 valence electrons. The molecule has 1 atom stereocenters. The zero-order valence-corrected chi connectivity index (χ0v) is 10.6. The van der Waals surface area contributed by atoms with Crippen molar-refractivity contribution < 1.29 is 27.8 Å². The maximum atomic E-state index is 12.7. The molecule has 1 rings (SSSR count). The smallest absolute Gasteiger partial charge is 0.324 e. The minimum absolute atomic E-state index is 0.123. The molecule has 6 heteroatoms. The quantitative estimate of drug-likeness (QED) is 0.522. The Labute approximate surface area is 105 Å². The van der Waals surface area contributed by atoms with Crippen molar-refractivity contribution in [3.63, 3.8) is 0 Å². The molecule has 0 radical (unpaired) electrons. The van der Waals surface area contributed by atoms with Gasteiger partial charge >= 0.3 is 11.9 Å². The summed E-state index contributed by atoms with van der Waals surface area (Å²) in [6.45, 7) is 3.81. The number of halogens is 2. The van der Waals surface area contributed by atoms with Gasteiger partial charge in [-0.1, -0.05) is 13.8 Å². The SMILES string of the molecule is CCCOC(=O)C1(C(=O)OCCC)C[C@H]1C(F)F. The van der Waals surface area contributed by atoms with Gasteiger partial charge in [0, 0.05) is 5.92 Å². The molecule has 0 bridgehead atoms. The molecule has 0 heterocycles. The number of ether oxygens (including phenoxy) is 2. The average Bonchev–Trinajstić information content (AvgIpc) is 3.09. The van der Waals surface area contributed by atoms with Crippen LogP contribution in [0.5, 0.6) is 0 Å². The van der Waals surface area contributed by atoms with Crippen molar-refractivity contribution in [3.05, 3.63) is 0 Å². The Bertz CT molecular complexity index is 297. The van der Waals surface area contributed by atoms with Gasteiger partial charge in [-0.15, -0.1) is 0 Å². The fourth-order valence-electron chi connectivity index (χ4n) is 1.79. The molecule has 0 spiro atoms. The molecule has 1 aliphatic carbocycles. The molecular weight excluding hydrogens is 246 g/mol. The Morgan fingerprint density at radius 2 is 1.61 bits per heavy atom. The maximum Gasteiger partial charge on any atom is 0.324 e. The molecule has 4 nitrogen and oxygen atoms in total. The highest BCUT2D eigenvalue weighted by molar-refractivity contribution is 6.04. The van der Waals surface area contributed by atoms with E-state index in [-0.39, 0.29) is 19.6 Å². The first kappa shape index (κ1) is 14.9. The summed E-state index contributed by atoms with van der Waals surface area (Å²) in [7, 11) is 0. The highest BCUT2D eigenvalue weighted by Crippen LogP contribution is 2.57. The summed E-state index contributed by atoms with van der Waals surface area (Å²) in [5.41, 5.74) is -1.77. The molecule has 0 aromatic rings. The fraction of sp³-hybridized carbons (Fsp3) is 0.833. The van der Waals surface area contributed by atoms with Crippen LogP contribution < -0.4 is 0 Å². The lowest BCUT2D eigenvalue weighted by Crippen LogP contribution is -2.33. The van der Waals surface area contributed by atoms with E-state index in [1.807, 2.05) is 0 Å². The number of hydrogen-bond acceptors (Lipinski definition) is 4. The van der Waals surface area contributed by atoms with Gasteiger partial charge in [-0.3, -0.25) is 9.59 Å². The van der Waals surface area contributed by atoms with Crippen LogP contribution in [0, 0.1) is 11.3 Å². The molecular formula is C12H18F2O4. The largest absolute Gasteiger partial charge is 0.465 e. The van der Waals surface area contributed by atoms with Gasteiger partial charge in [0.2, 0.25) is 6.43 Å². The van der Waals surface area contributed by atoms with Crippen LogP contribution in [0.3, 0.4) is 0 Å². The summed E-state index contributed by atoms with van der Waals surface area (Å²) in [5, 5.41) is 0. The molecule has 0 aliphatic heterocycles. The van der Waals surface area contributed by atoms with E-state index < -0.39 is 29.7 Å². The highest BCUT2D eigenvalue weighted by Gasteiger charge is 2.71.